The highest BCUT2D eigenvalue weighted by Gasteiger charge is 2.27. The van der Waals surface area contributed by atoms with Crippen molar-refractivity contribution < 1.29 is 9.53 Å². The first-order valence-electron chi connectivity index (χ1n) is 14.4. The van der Waals surface area contributed by atoms with Gasteiger partial charge in [-0.15, -0.1) is 0 Å². The van der Waals surface area contributed by atoms with E-state index >= 15 is 0 Å². The van der Waals surface area contributed by atoms with Crippen molar-refractivity contribution in [2.45, 2.75) is 78.6 Å². The predicted molar refractivity (Wildman–Crippen MR) is 171 cm³/mol. The average molecular weight is 587 g/mol. The Bertz CT molecular complexity index is 1220. The number of nitrogen functional groups attached to an aromatic ring is 1. The first kappa shape index (κ1) is 32.0. The van der Waals surface area contributed by atoms with E-state index in [9.17, 15) is 4.79 Å². The van der Waals surface area contributed by atoms with Gasteiger partial charge in [-0.1, -0.05) is 29.3 Å². The maximum absolute atomic E-state index is 11.3. The number of ether oxygens (including phenoxy) is 1. The molecule has 1 aliphatic carbocycles. The maximum Gasteiger partial charge on any atom is 0.123 e. The number of hydrogen-bond donors (Lipinski definition) is 2. The minimum Gasteiger partial charge on any atom is -0.494 e. The molecule has 2 aromatic carbocycles. The van der Waals surface area contributed by atoms with Crippen molar-refractivity contribution in [2.24, 2.45) is 16.8 Å². The molecule has 0 bridgehead atoms. The topological polar surface area (TPSA) is 76.7 Å². The van der Waals surface area contributed by atoms with Crippen LogP contribution in [0.5, 0.6) is 5.75 Å². The van der Waals surface area contributed by atoms with Crippen LogP contribution in [0.2, 0.25) is 10.0 Å². The number of allylic oxidation sites excluding steroid dienone is 2. The molecule has 1 atom stereocenters. The van der Waals surface area contributed by atoms with Crippen molar-refractivity contribution in [2.75, 3.05) is 26.4 Å². The van der Waals surface area contributed by atoms with Crippen molar-refractivity contribution in [3.05, 3.63) is 62.3 Å². The number of anilines is 1. The second-order valence-corrected chi connectivity index (χ2v) is 12.0. The minimum atomic E-state index is 0.204. The second kappa shape index (κ2) is 14.9. The molecule has 0 spiro atoms. The van der Waals surface area contributed by atoms with Crippen LogP contribution in [0.3, 0.4) is 0 Å². The Balaban J connectivity index is 1.89. The molecule has 0 radical (unpaired) electrons. The Morgan fingerprint density at radius 1 is 1.15 bits per heavy atom. The van der Waals surface area contributed by atoms with Gasteiger partial charge in [-0.05, 0) is 119 Å². The zero-order chi connectivity index (χ0) is 29.4. The molecule has 218 valence electrons. The summed E-state index contributed by atoms with van der Waals surface area (Å²) < 4.78 is 6.15. The van der Waals surface area contributed by atoms with Gasteiger partial charge >= 0.3 is 0 Å². The molecular weight excluding hydrogens is 541 g/mol. The highest BCUT2D eigenvalue weighted by molar-refractivity contribution is 6.36. The maximum atomic E-state index is 11.3. The van der Waals surface area contributed by atoms with E-state index in [0.717, 1.165) is 107 Å². The van der Waals surface area contributed by atoms with Gasteiger partial charge < -0.3 is 20.6 Å². The molecule has 3 rings (SSSR count). The van der Waals surface area contributed by atoms with E-state index in [4.69, 9.17) is 33.7 Å². The SMILES string of the molecule is CN=C(C)/C(=C(/C)NC)c1c(Cl)ccc(C(CCCOc2cc(C)c(Cl)c(C)c2)CC2CCC(C=O)CC2)c1N. The van der Waals surface area contributed by atoms with E-state index in [0.29, 0.717) is 17.5 Å². The summed E-state index contributed by atoms with van der Waals surface area (Å²) >= 11 is 13.1. The van der Waals surface area contributed by atoms with E-state index < -0.39 is 0 Å². The number of nitrogens with two attached hydrogens (primary N) is 1. The highest BCUT2D eigenvalue weighted by atomic mass is 35.5. The van der Waals surface area contributed by atoms with Gasteiger partial charge in [0.05, 0.1) is 11.6 Å². The number of aryl methyl sites for hydroxylation is 2. The lowest BCUT2D eigenvalue weighted by Gasteiger charge is -2.30. The van der Waals surface area contributed by atoms with Gasteiger partial charge in [-0.25, -0.2) is 0 Å². The summed E-state index contributed by atoms with van der Waals surface area (Å²) in [7, 11) is 3.68. The quantitative estimate of drug-likeness (QED) is 0.113. The smallest absolute Gasteiger partial charge is 0.123 e. The number of hydrogen-bond acceptors (Lipinski definition) is 5. The van der Waals surface area contributed by atoms with Gasteiger partial charge in [0.1, 0.15) is 12.0 Å². The largest absolute Gasteiger partial charge is 0.494 e. The van der Waals surface area contributed by atoms with Gasteiger partial charge in [0.15, 0.2) is 0 Å². The molecule has 3 N–H and O–H groups in total. The van der Waals surface area contributed by atoms with E-state index in [-0.39, 0.29) is 11.8 Å². The summed E-state index contributed by atoms with van der Waals surface area (Å²) in [6, 6.07) is 8.07. The molecule has 0 aromatic heterocycles. The van der Waals surface area contributed by atoms with Crippen molar-refractivity contribution in [1.29, 1.82) is 0 Å². The summed E-state index contributed by atoms with van der Waals surface area (Å²) in [6.07, 6.45) is 8.08. The third-order valence-corrected chi connectivity index (χ3v) is 9.35. The highest BCUT2D eigenvalue weighted by Crippen LogP contribution is 2.42. The number of nitrogens with one attached hydrogen (secondary N) is 1. The third kappa shape index (κ3) is 7.82. The molecule has 0 saturated heterocycles. The normalized spacial score (nSPS) is 19.1. The van der Waals surface area contributed by atoms with E-state index in [2.05, 4.69) is 16.4 Å². The summed E-state index contributed by atoms with van der Waals surface area (Å²) in [4.78, 5) is 15.8. The fraction of sp³-hybridized carbons (Fsp3) is 0.515. The fourth-order valence-electron chi connectivity index (χ4n) is 5.97. The Kier molecular flexibility index (Phi) is 12.0. The molecular formula is C33H45Cl2N3O2. The number of nitrogens with zero attached hydrogens (tertiary/aromatic N) is 1. The van der Waals surface area contributed by atoms with Gasteiger partial charge in [0, 0.05) is 53.3 Å². The number of rotatable bonds is 12. The summed E-state index contributed by atoms with van der Waals surface area (Å²) in [5, 5.41) is 4.67. The zero-order valence-corrected chi connectivity index (χ0v) is 26.4. The van der Waals surface area contributed by atoms with Crippen molar-refractivity contribution >= 4 is 46.5 Å². The van der Waals surface area contributed by atoms with E-state index in [1.807, 2.05) is 52.9 Å². The van der Waals surface area contributed by atoms with Crippen LogP contribution < -0.4 is 15.8 Å². The van der Waals surface area contributed by atoms with Crippen LogP contribution in [-0.4, -0.2) is 32.7 Å². The van der Waals surface area contributed by atoms with Crippen LogP contribution in [0.4, 0.5) is 5.69 Å². The molecule has 1 unspecified atom stereocenters. The molecule has 5 nitrogen and oxygen atoms in total. The van der Waals surface area contributed by atoms with Crippen LogP contribution in [0, 0.1) is 25.7 Å². The lowest BCUT2D eigenvalue weighted by Crippen LogP contribution is -2.19. The average Bonchev–Trinajstić information content (AvgIpc) is 2.95. The first-order valence-corrected chi connectivity index (χ1v) is 15.1. The van der Waals surface area contributed by atoms with Crippen LogP contribution in [0.15, 0.2) is 35.0 Å². The molecule has 40 heavy (non-hydrogen) atoms. The van der Waals surface area contributed by atoms with Gasteiger partial charge in [0.25, 0.3) is 0 Å². The molecule has 1 saturated carbocycles. The summed E-state index contributed by atoms with van der Waals surface area (Å²) in [6.45, 7) is 8.62. The fourth-order valence-corrected chi connectivity index (χ4v) is 6.34. The molecule has 7 heteroatoms. The summed E-state index contributed by atoms with van der Waals surface area (Å²) in [5.74, 6) is 1.87. The molecule has 1 fully saturated rings. The third-order valence-electron chi connectivity index (χ3n) is 8.44. The van der Waals surface area contributed by atoms with Crippen LogP contribution in [0.1, 0.15) is 87.0 Å². The monoisotopic (exact) mass is 585 g/mol. The summed E-state index contributed by atoms with van der Waals surface area (Å²) in [5.41, 5.74) is 14.5. The molecule has 1 aliphatic rings. The van der Waals surface area contributed by atoms with Crippen LogP contribution in [-0.2, 0) is 4.79 Å². The van der Waals surface area contributed by atoms with Gasteiger partial charge in [0.2, 0.25) is 0 Å². The predicted octanol–water partition coefficient (Wildman–Crippen LogP) is 8.57. The van der Waals surface area contributed by atoms with Crippen LogP contribution >= 0.6 is 23.2 Å². The van der Waals surface area contributed by atoms with Crippen molar-refractivity contribution in [1.82, 2.24) is 5.32 Å². The lowest BCUT2D eigenvalue weighted by atomic mass is 9.75. The van der Waals surface area contributed by atoms with Gasteiger partial charge in [-0.3, -0.25) is 4.99 Å². The van der Waals surface area contributed by atoms with Crippen molar-refractivity contribution in [3.8, 4) is 5.75 Å². The first-order chi connectivity index (χ1) is 19.1. The second-order valence-electron chi connectivity index (χ2n) is 11.2. The Morgan fingerprint density at radius 2 is 1.80 bits per heavy atom. The molecule has 0 amide bonds. The number of aliphatic imine (C=N–C) groups is 1. The Morgan fingerprint density at radius 3 is 2.38 bits per heavy atom. The standard InChI is InChI=1S/C33H45Cl2N3O2/c1-20-16-27(17-21(2)32(20)35)40-15-7-8-26(18-24-9-11-25(19-39)12-10-24)28-13-14-29(34)31(33(28)36)30(22(3)37-5)23(4)38-6/h13-14,16-17,19,24-26,37H,7-12,15,18,36H2,1-6H3/b30-22+,38-23?. The number of carbonyl (C=O) groups is 1. The Hall–Kier alpha value is -2.50. The van der Waals surface area contributed by atoms with Crippen molar-refractivity contribution in [3.63, 3.8) is 0 Å². The number of benzene rings is 2. The van der Waals surface area contributed by atoms with Crippen LogP contribution in [0.25, 0.3) is 5.57 Å². The minimum absolute atomic E-state index is 0.204. The molecule has 0 aliphatic heterocycles. The van der Waals surface area contributed by atoms with Gasteiger partial charge in [-0.2, -0.15) is 0 Å². The zero-order valence-electron chi connectivity index (χ0n) is 24.9. The number of carbonyl (C=O) groups excluding carboxylic acids is 1. The molecule has 2 aromatic rings. The number of aldehydes is 1. The van der Waals surface area contributed by atoms with E-state index in [1.54, 1.807) is 7.05 Å². The lowest BCUT2D eigenvalue weighted by molar-refractivity contribution is -0.112. The van der Waals surface area contributed by atoms with E-state index in [1.165, 1.54) is 0 Å². The molecule has 0 heterocycles. The Labute approximate surface area is 250 Å². The number of halogens is 2.